The maximum atomic E-state index is 12.2. The van der Waals surface area contributed by atoms with Crippen LogP contribution in [0.4, 0.5) is 0 Å². The van der Waals surface area contributed by atoms with Crippen LogP contribution < -0.4 is 25.9 Å². The molecule has 0 aliphatic heterocycles. The van der Waals surface area contributed by atoms with Gasteiger partial charge in [-0.1, -0.05) is 0 Å². The summed E-state index contributed by atoms with van der Waals surface area (Å²) in [7, 11) is 2.92. The molecule has 9 nitrogen and oxygen atoms in total. The molecule has 2 amide bonds. The number of hydrogen-bond acceptors (Lipinski definition) is 6. The number of carbonyl (C=O) groups excluding carboxylic acids is 2. The molecular weight excluding hydrogens is 366 g/mol. The highest BCUT2D eigenvalue weighted by molar-refractivity contribution is 5.99. The van der Waals surface area contributed by atoms with E-state index in [1.165, 1.54) is 44.7 Å². The molecular formula is C19H17N3O6. The second-order valence-electron chi connectivity index (χ2n) is 5.57. The Morgan fingerprint density at radius 1 is 0.964 bits per heavy atom. The molecule has 28 heavy (non-hydrogen) atoms. The van der Waals surface area contributed by atoms with Crippen LogP contribution in [0.3, 0.4) is 0 Å². The minimum absolute atomic E-state index is 0.164. The van der Waals surface area contributed by atoms with Crippen molar-refractivity contribution in [2.45, 2.75) is 0 Å². The number of H-pyrrole nitrogens is 1. The smallest absolute Gasteiger partial charge is 0.275 e. The molecule has 0 saturated heterocycles. The fourth-order valence-corrected chi connectivity index (χ4v) is 2.46. The summed E-state index contributed by atoms with van der Waals surface area (Å²) in [4.78, 5) is 39.1. The van der Waals surface area contributed by atoms with Crippen molar-refractivity contribution in [2.24, 2.45) is 0 Å². The SMILES string of the molecule is COc1ccc(C(=O)NNC(=O)c2ccc(-c3ccco3)[nH]c2=O)cc1OC. The van der Waals surface area contributed by atoms with Crippen LogP contribution in [-0.4, -0.2) is 31.0 Å². The molecule has 3 aromatic rings. The number of nitrogens with one attached hydrogen (secondary N) is 3. The van der Waals surface area contributed by atoms with E-state index < -0.39 is 17.4 Å². The Bertz CT molecular complexity index is 1060. The van der Waals surface area contributed by atoms with Crippen molar-refractivity contribution >= 4 is 11.8 Å². The number of amides is 2. The van der Waals surface area contributed by atoms with E-state index in [-0.39, 0.29) is 11.1 Å². The lowest BCUT2D eigenvalue weighted by Crippen LogP contribution is -2.43. The Balaban J connectivity index is 1.68. The van der Waals surface area contributed by atoms with E-state index in [1.54, 1.807) is 18.2 Å². The van der Waals surface area contributed by atoms with Crippen molar-refractivity contribution in [1.29, 1.82) is 0 Å². The van der Waals surface area contributed by atoms with Crippen molar-refractivity contribution in [3.05, 3.63) is 70.2 Å². The van der Waals surface area contributed by atoms with Crippen molar-refractivity contribution in [3.63, 3.8) is 0 Å². The third-order valence-electron chi connectivity index (χ3n) is 3.88. The zero-order chi connectivity index (χ0) is 20.1. The third kappa shape index (κ3) is 3.88. The first kappa shape index (κ1) is 18.8. The maximum absolute atomic E-state index is 12.2. The zero-order valence-corrected chi connectivity index (χ0v) is 15.1. The molecule has 0 spiro atoms. The Labute approximate surface area is 159 Å². The van der Waals surface area contributed by atoms with E-state index in [0.29, 0.717) is 23.0 Å². The van der Waals surface area contributed by atoms with Gasteiger partial charge in [0.15, 0.2) is 11.5 Å². The highest BCUT2D eigenvalue weighted by atomic mass is 16.5. The van der Waals surface area contributed by atoms with Gasteiger partial charge in [0.2, 0.25) is 0 Å². The number of hydrogen-bond donors (Lipinski definition) is 3. The first-order valence-corrected chi connectivity index (χ1v) is 8.13. The minimum atomic E-state index is -0.763. The number of methoxy groups -OCH3 is 2. The summed E-state index contributed by atoms with van der Waals surface area (Å²) in [6.07, 6.45) is 1.47. The van der Waals surface area contributed by atoms with E-state index >= 15 is 0 Å². The lowest BCUT2D eigenvalue weighted by molar-refractivity contribution is 0.0845. The summed E-state index contributed by atoms with van der Waals surface area (Å²) in [5.74, 6) is -0.0532. The van der Waals surface area contributed by atoms with Crippen LogP contribution in [0, 0.1) is 0 Å². The lowest BCUT2D eigenvalue weighted by Gasteiger charge is -2.10. The van der Waals surface area contributed by atoms with E-state index in [2.05, 4.69) is 15.8 Å². The van der Waals surface area contributed by atoms with Gasteiger partial charge in [0.1, 0.15) is 11.3 Å². The van der Waals surface area contributed by atoms with Crippen molar-refractivity contribution in [2.75, 3.05) is 14.2 Å². The fourth-order valence-electron chi connectivity index (χ4n) is 2.46. The average Bonchev–Trinajstić information content (AvgIpc) is 3.26. The van der Waals surface area contributed by atoms with E-state index in [1.807, 2.05) is 0 Å². The van der Waals surface area contributed by atoms with Crippen molar-refractivity contribution in [1.82, 2.24) is 15.8 Å². The average molecular weight is 383 g/mol. The molecule has 0 saturated carbocycles. The number of carbonyl (C=O) groups is 2. The molecule has 9 heteroatoms. The highest BCUT2D eigenvalue weighted by Crippen LogP contribution is 2.27. The Hall–Kier alpha value is -4.01. The predicted octanol–water partition coefficient (Wildman–Crippen LogP) is 1.73. The largest absolute Gasteiger partial charge is 0.493 e. The topological polar surface area (TPSA) is 123 Å². The standard InChI is InChI=1S/C19H17N3O6/c1-26-15-8-5-11(10-16(15)27-2)17(23)21-22-19(25)12-6-7-13(20-18(12)24)14-4-3-9-28-14/h3-10H,1-2H3,(H,20,24)(H,21,23)(H,22,25). The normalized spacial score (nSPS) is 10.2. The van der Waals surface area contributed by atoms with Gasteiger partial charge in [0, 0.05) is 5.56 Å². The fraction of sp³-hybridized carbons (Fsp3) is 0.105. The lowest BCUT2D eigenvalue weighted by atomic mass is 10.2. The van der Waals surface area contributed by atoms with Crippen molar-refractivity contribution in [3.8, 4) is 23.0 Å². The minimum Gasteiger partial charge on any atom is -0.493 e. The van der Waals surface area contributed by atoms with Crippen LogP contribution in [-0.2, 0) is 0 Å². The predicted molar refractivity (Wildman–Crippen MR) is 99.2 cm³/mol. The van der Waals surface area contributed by atoms with E-state index in [4.69, 9.17) is 13.9 Å². The summed E-state index contributed by atoms with van der Waals surface area (Å²) in [6.45, 7) is 0. The number of rotatable bonds is 5. The molecule has 0 bridgehead atoms. The molecule has 0 radical (unpaired) electrons. The van der Waals surface area contributed by atoms with Gasteiger partial charge >= 0.3 is 0 Å². The van der Waals surface area contributed by atoms with Crippen LogP contribution in [0.5, 0.6) is 11.5 Å². The van der Waals surface area contributed by atoms with Crippen LogP contribution in [0.1, 0.15) is 20.7 Å². The van der Waals surface area contributed by atoms with Gasteiger partial charge in [-0.3, -0.25) is 25.2 Å². The molecule has 0 atom stereocenters. The molecule has 2 aromatic heterocycles. The first-order valence-electron chi connectivity index (χ1n) is 8.13. The van der Waals surface area contributed by atoms with Crippen molar-refractivity contribution < 1.29 is 23.5 Å². The Morgan fingerprint density at radius 2 is 1.71 bits per heavy atom. The number of benzene rings is 1. The summed E-state index contributed by atoms with van der Waals surface area (Å²) in [5.41, 5.74) is 4.34. The summed E-state index contributed by atoms with van der Waals surface area (Å²) in [5, 5.41) is 0. The van der Waals surface area contributed by atoms with Crippen LogP contribution >= 0.6 is 0 Å². The number of aromatic nitrogens is 1. The molecule has 0 fully saturated rings. The molecule has 3 rings (SSSR count). The second kappa shape index (κ2) is 8.12. The van der Waals surface area contributed by atoms with Crippen LogP contribution in [0.15, 0.2) is 57.9 Å². The molecule has 144 valence electrons. The van der Waals surface area contributed by atoms with Gasteiger partial charge in [-0.05, 0) is 42.5 Å². The molecule has 3 N–H and O–H groups in total. The van der Waals surface area contributed by atoms with E-state index in [9.17, 15) is 14.4 Å². The molecule has 0 aliphatic rings. The number of ether oxygens (including phenoxy) is 2. The van der Waals surface area contributed by atoms with Gasteiger partial charge in [-0.15, -0.1) is 0 Å². The Kier molecular flexibility index (Phi) is 5.45. The number of furan rings is 1. The van der Waals surface area contributed by atoms with Crippen LogP contribution in [0.2, 0.25) is 0 Å². The van der Waals surface area contributed by atoms with Gasteiger partial charge < -0.3 is 18.9 Å². The Morgan fingerprint density at radius 3 is 2.36 bits per heavy atom. The third-order valence-corrected chi connectivity index (χ3v) is 3.88. The number of hydrazine groups is 1. The van der Waals surface area contributed by atoms with Crippen LogP contribution in [0.25, 0.3) is 11.5 Å². The van der Waals surface area contributed by atoms with Gasteiger partial charge in [0.05, 0.1) is 26.2 Å². The van der Waals surface area contributed by atoms with Gasteiger partial charge in [-0.2, -0.15) is 0 Å². The molecule has 1 aromatic carbocycles. The van der Waals surface area contributed by atoms with E-state index in [0.717, 1.165) is 0 Å². The summed E-state index contributed by atoms with van der Waals surface area (Å²) in [6, 6.07) is 10.8. The summed E-state index contributed by atoms with van der Waals surface area (Å²) >= 11 is 0. The highest BCUT2D eigenvalue weighted by Gasteiger charge is 2.15. The quantitative estimate of drug-likeness (QED) is 0.577. The first-order chi connectivity index (χ1) is 13.5. The van der Waals surface area contributed by atoms with Gasteiger partial charge in [-0.25, -0.2) is 0 Å². The molecule has 0 aliphatic carbocycles. The number of pyridine rings is 1. The second-order valence-corrected chi connectivity index (χ2v) is 5.57. The maximum Gasteiger partial charge on any atom is 0.275 e. The molecule has 0 unspecified atom stereocenters. The molecule has 2 heterocycles. The zero-order valence-electron chi connectivity index (χ0n) is 15.1. The number of aromatic amines is 1. The summed E-state index contributed by atoms with van der Waals surface area (Å²) < 4.78 is 15.4. The monoisotopic (exact) mass is 383 g/mol. The van der Waals surface area contributed by atoms with Gasteiger partial charge in [0.25, 0.3) is 17.4 Å².